The van der Waals surface area contributed by atoms with E-state index in [0.717, 1.165) is 25.3 Å². The van der Waals surface area contributed by atoms with E-state index in [0.29, 0.717) is 0 Å². The average Bonchev–Trinajstić information content (AvgIpc) is 2.80. The van der Waals surface area contributed by atoms with Gasteiger partial charge < -0.3 is 9.64 Å². The first kappa shape index (κ1) is 16.6. The summed E-state index contributed by atoms with van der Waals surface area (Å²) in [5.41, 5.74) is 3.62. The Morgan fingerprint density at radius 3 is 2.50 bits per heavy atom. The van der Waals surface area contributed by atoms with E-state index in [1.807, 2.05) is 43.9 Å². The average molecular weight is 301 g/mol. The van der Waals surface area contributed by atoms with Crippen LogP contribution in [0.25, 0.3) is 11.3 Å². The van der Waals surface area contributed by atoms with Crippen LogP contribution in [0.5, 0.6) is 5.75 Å². The van der Waals surface area contributed by atoms with E-state index in [1.165, 1.54) is 16.8 Å². The molecule has 0 spiro atoms. The molecule has 2 rings (SSSR count). The van der Waals surface area contributed by atoms with Gasteiger partial charge in [-0.1, -0.05) is 6.92 Å². The van der Waals surface area contributed by atoms with Crippen molar-refractivity contribution < 1.29 is 4.74 Å². The monoisotopic (exact) mass is 301 g/mol. The van der Waals surface area contributed by atoms with Gasteiger partial charge in [0.2, 0.25) is 0 Å². The fourth-order valence-electron chi connectivity index (χ4n) is 2.69. The van der Waals surface area contributed by atoms with Crippen LogP contribution in [0.2, 0.25) is 0 Å². The van der Waals surface area contributed by atoms with Crippen molar-refractivity contribution >= 4 is 0 Å². The van der Waals surface area contributed by atoms with Gasteiger partial charge in [-0.05, 0) is 58.1 Å². The zero-order valence-corrected chi connectivity index (χ0v) is 14.3. The Kier molecular flexibility index (Phi) is 5.61. The van der Waals surface area contributed by atoms with Gasteiger partial charge in [0.25, 0.3) is 0 Å². The van der Waals surface area contributed by atoms with Gasteiger partial charge in [0.1, 0.15) is 5.75 Å². The van der Waals surface area contributed by atoms with Crippen molar-refractivity contribution in [2.75, 3.05) is 13.6 Å². The number of hydrogen-bond donors (Lipinski definition) is 0. The molecule has 0 aliphatic carbocycles. The molecule has 1 aromatic carbocycles. The third-order valence-electron chi connectivity index (χ3n) is 3.56. The van der Waals surface area contributed by atoms with Gasteiger partial charge in [-0.3, -0.25) is 4.68 Å². The summed E-state index contributed by atoms with van der Waals surface area (Å²) in [6.07, 6.45) is 3.33. The summed E-state index contributed by atoms with van der Waals surface area (Å²) < 4.78 is 7.66. The van der Waals surface area contributed by atoms with Crippen LogP contribution < -0.4 is 4.74 Å². The third-order valence-corrected chi connectivity index (χ3v) is 3.56. The summed E-state index contributed by atoms with van der Waals surface area (Å²) >= 11 is 0. The van der Waals surface area contributed by atoms with Gasteiger partial charge in [0.05, 0.1) is 18.0 Å². The fraction of sp³-hybridized carbons (Fsp3) is 0.500. The second kappa shape index (κ2) is 7.45. The second-order valence-electron chi connectivity index (χ2n) is 6.07. The van der Waals surface area contributed by atoms with Crippen LogP contribution in [0.4, 0.5) is 0 Å². The lowest BCUT2D eigenvalue weighted by Crippen LogP contribution is -2.18. The van der Waals surface area contributed by atoms with Crippen LogP contribution in [0, 0.1) is 0 Å². The van der Waals surface area contributed by atoms with E-state index in [1.54, 1.807) is 0 Å². The molecule has 1 heterocycles. The topological polar surface area (TPSA) is 30.3 Å². The minimum Gasteiger partial charge on any atom is -0.491 e. The normalized spacial score (nSPS) is 11.4. The summed E-state index contributed by atoms with van der Waals surface area (Å²) in [5, 5.41) is 4.44. The first-order valence-electron chi connectivity index (χ1n) is 7.97. The molecule has 0 N–H and O–H groups in total. The summed E-state index contributed by atoms with van der Waals surface area (Å²) in [5.74, 6) is 0.908. The quantitative estimate of drug-likeness (QED) is 0.781. The Hall–Kier alpha value is -1.81. The fourth-order valence-corrected chi connectivity index (χ4v) is 2.69. The Labute approximate surface area is 133 Å². The van der Waals surface area contributed by atoms with Gasteiger partial charge >= 0.3 is 0 Å². The number of ether oxygens (including phenoxy) is 1. The first-order valence-corrected chi connectivity index (χ1v) is 7.97. The minimum absolute atomic E-state index is 0.195. The summed E-state index contributed by atoms with van der Waals surface area (Å²) in [6.45, 7) is 8.29. The SMILES string of the molecule is CCCN(C)Cc1cnn(C)c1-c1ccc(OC(C)C)cc1. The number of nitrogens with zero attached hydrogens (tertiary/aromatic N) is 3. The highest BCUT2D eigenvalue weighted by molar-refractivity contribution is 5.64. The van der Waals surface area contributed by atoms with Crippen molar-refractivity contribution in [2.24, 2.45) is 7.05 Å². The van der Waals surface area contributed by atoms with E-state index in [9.17, 15) is 0 Å². The Balaban J connectivity index is 2.22. The maximum atomic E-state index is 5.71. The van der Waals surface area contributed by atoms with Gasteiger partial charge in [0.15, 0.2) is 0 Å². The molecule has 0 fully saturated rings. The van der Waals surface area contributed by atoms with Gasteiger partial charge in [0, 0.05) is 24.7 Å². The number of benzene rings is 1. The number of rotatable bonds is 7. The molecule has 22 heavy (non-hydrogen) atoms. The van der Waals surface area contributed by atoms with Crippen LogP contribution in [0.15, 0.2) is 30.5 Å². The Morgan fingerprint density at radius 1 is 1.23 bits per heavy atom. The van der Waals surface area contributed by atoms with Crippen molar-refractivity contribution in [1.82, 2.24) is 14.7 Å². The maximum absolute atomic E-state index is 5.71. The van der Waals surface area contributed by atoms with Crippen LogP contribution in [0.1, 0.15) is 32.8 Å². The molecule has 0 radical (unpaired) electrons. The molecule has 0 aliphatic heterocycles. The zero-order valence-electron chi connectivity index (χ0n) is 14.3. The smallest absolute Gasteiger partial charge is 0.119 e. The predicted octanol–water partition coefficient (Wildman–Crippen LogP) is 3.72. The van der Waals surface area contributed by atoms with Crippen LogP contribution >= 0.6 is 0 Å². The van der Waals surface area contributed by atoms with Gasteiger partial charge in [-0.15, -0.1) is 0 Å². The van der Waals surface area contributed by atoms with Crippen molar-refractivity contribution in [2.45, 2.75) is 39.8 Å². The molecule has 120 valence electrons. The van der Waals surface area contributed by atoms with Crippen molar-refractivity contribution in [3.8, 4) is 17.0 Å². The van der Waals surface area contributed by atoms with Gasteiger partial charge in [-0.2, -0.15) is 5.10 Å². The van der Waals surface area contributed by atoms with Crippen molar-refractivity contribution in [3.63, 3.8) is 0 Å². The molecule has 4 heteroatoms. The minimum atomic E-state index is 0.195. The Bertz CT molecular complexity index is 587. The molecular weight excluding hydrogens is 274 g/mol. The van der Waals surface area contributed by atoms with Gasteiger partial charge in [-0.25, -0.2) is 0 Å². The number of aryl methyl sites for hydroxylation is 1. The predicted molar refractivity (Wildman–Crippen MR) is 91.0 cm³/mol. The lowest BCUT2D eigenvalue weighted by molar-refractivity contribution is 0.242. The summed E-state index contributed by atoms with van der Waals surface area (Å²) in [7, 11) is 4.15. The lowest BCUT2D eigenvalue weighted by atomic mass is 10.1. The summed E-state index contributed by atoms with van der Waals surface area (Å²) in [4.78, 5) is 2.33. The highest BCUT2D eigenvalue weighted by atomic mass is 16.5. The molecule has 0 atom stereocenters. The number of hydrogen-bond acceptors (Lipinski definition) is 3. The highest BCUT2D eigenvalue weighted by Gasteiger charge is 2.12. The number of aromatic nitrogens is 2. The van der Waals surface area contributed by atoms with Crippen molar-refractivity contribution in [3.05, 3.63) is 36.0 Å². The summed E-state index contributed by atoms with van der Waals surface area (Å²) in [6, 6.07) is 8.28. The van der Waals surface area contributed by atoms with Crippen LogP contribution in [-0.4, -0.2) is 34.4 Å². The van der Waals surface area contributed by atoms with E-state index in [-0.39, 0.29) is 6.10 Å². The maximum Gasteiger partial charge on any atom is 0.119 e. The second-order valence-corrected chi connectivity index (χ2v) is 6.07. The van der Waals surface area contributed by atoms with Crippen LogP contribution in [-0.2, 0) is 13.6 Å². The molecule has 1 aromatic heterocycles. The van der Waals surface area contributed by atoms with E-state index < -0.39 is 0 Å². The molecule has 4 nitrogen and oxygen atoms in total. The first-order chi connectivity index (χ1) is 10.5. The van der Waals surface area contributed by atoms with Crippen LogP contribution in [0.3, 0.4) is 0 Å². The molecule has 0 amide bonds. The lowest BCUT2D eigenvalue weighted by Gasteiger charge is -2.16. The largest absolute Gasteiger partial charge is 0.491 e. The molecular formula is C18H27N3O. The molecule has 0 saturated heterocycles. The Morgan fingerprint density at radius 2 is 1.91 bits per heavy atom. The molecule has 2 aromatic rings. The third kappa shape index (κ3) is 4.10. The zero-order chi connectivity index (χ0) is 16.1. The van der Waals surface area contributed by atoms with Crippen molar-refractivity contribution in [1.29, 1.82) is 0 Å². The van der Waals surface area contributed by atoms with E-state index >= 15 is 0 Å². The molecule has 0 bridgehead atoms. The molecule has 0 saturated carbocycles. The van der Waals surface area contributed by atoms with E-state index in [4.69, 9.17) is 4.74 Å². The molecule has 0 unspecified atom stereocenters. The highest BCUT2D eigenvalue weighted by Crippen LogP contribution is 2.26. The van der Waals surface area contributed by atoms with E-state index in [2.05, 4.69) is 36.1 Å². The molecule has 0 aliphatic rings. The standard InChI is InChI=1S/C18H27N3O/c1-6-11-20(4)13-16-12-19-21(5)18(16)15-7-9-17(10-8-15)22-14(2)3/h7-10,12,14H,6,11,13H2,1-5H3.